The zero-order chi connectivity index (χ0) is 18.1. The molecule has 3 aromatic rings. The molecule has 130 valence electrons. The second kappa shape index (κ2) is 6.48. The summed E-state index contributed by atoms with van der Waals surface area (Å²) in [7, 11) is 0. The highest BCUT2D eigenvalue weighted by Crippen LogP contribution is 2.40. The van der Waals surface area contributed by atoms with Gasteiger partial charge in [0.25, 0.3) is 5.91 Å². The number of anilines is 1. The molecule has 1 saturated carbocycles. The number of carbonyl (C=O) groups excluding carboxylic acids is 2. The fourth-order valence-corrected chi connectivity index (χ4v) is 2.81. The van der Waals surface area contributed by atoms with E-state index in [-0.39, 0.29) is 5.91 Å². The Morgan fingerprint density at radius 2 is 1.65 bits per heavy atom. The molecular formula is C20H18N4O2. The molecule has 0 bridgehead atoms. The lowest BCUT2D eigenvalue weighted by atomic mass is 10.1. The molecule has 1 aromatic heterocycles. The zero-order valence-corrected chi connectivity index (χ0v) is 14.1. The van der Waals surface area contributed by atoms with E-state index in [1.54, 1.807) is 28.9 Å². The predicted octanol–water partition coefficient (Wildman–Crippen LogP) is 3.10. The minimum absolute atomic E-state index is 0.263. The topological polar surface area (TPSA) is 90.0 Å². The minimum Gasteiger partial charge on any atom is -0.366 e. The van der Waals surface area contributed by atoms with E-state index in [2.05, 4.69) is 10.4 Å². The maximum absolute atomic E-state index is 12.6. The summed E-state index contributed by atoms with van der Waals surface area (Å²) in [5.74, 6) is 0.321. The van der Waals surface area contributed by atoms with Crippen molar-refractivity contribution in [2.75, 3.05) is 5.32 Å². The Labute approximate surface area is 150 Å². The number of primary amides is 1. The van der Waals surface area contributed by atoms with Crippen LogP contribution in [0.1, 0.15) is 45.2 Å². The number of amides is 2. The first-order valence-corrected chi connectivity index (χ1v) is 8.48. The Morgan fingerprint density at radius 1 is 1.00 bits per heavy atom. The molecule has 0 aliphatic heterocycles. The summed E-state index contributed by atoms with van der Waals surface area (Å²) in [6.07, 6.45) is 2.27. The molecule has 6 heteroatoms. The van der Waals surface area contributed by atoms with Crippen molar-refractivity contribution in [2.45, 2.75) is 18.8 Å². The van der Waals surface area contributed by atoms with Crippen molar-refractivity contribution in [3.8, 4) is 5.69 Å². The SMILES string of the molecule is NC(=O)c1ccc(C(=O)Nc2cc(C3CC3)nn2-c2ccccc2)cc1. The molecule has 1 aliphatic rings. The van der Waals surface area contributed by atoms with Crippen LogP contribution in [0.4, 0.5) is 5.82 Å². The van der Waals surface area contributed by atoms with Gasteiger partial charge in [-0.3, -0.25) is 9.59 Å². The molecule has 0 saturated heterocycles. The van der Waals surface area contributed by atoms with Crippen LogP contribution in [-0.2, 0) is 0 Å². The van der Waals surface area contributed by atoms with Crippen molar-refractivity contribution in [3.63, 3.8) is 0 Å². The van der Waals surface area contributed by atoms with Gasteiger partial charge in [-0.25, -0.2) is 4.68 Å². The highest BCUT2D eigenvalue weighted by atomic mass is 16.2. The zero-order valence-electron chi connectivity index (χ0n) is 14.1. The van der Waals surface area contributed by atoms with E-state index in [0.717, 1.165) is 24.2 Å². The van der Waals surface area contributed by atoms with Crippen LogP contribution >= 0.6 is 0 Å². The van der Waals surface area contributed by atoms with Gasteiger partial charge in [0, 0.05) is 23.1 Å². The average Bonchev–Trinajstić information content (AvgIpc) is 3.43. The van der Waals surface area contributed by atoms with Crippen LogP contribution in [0.15, 0.2) is 60.7 Å². The number of hydrogen-bond donors (Lipinski definition) is 2. The number of aromatic nitrogens is 2. The normalized spacial score (nSPS) is 13.4. The second-order valence-corrected chi connectivity index (χ2v) is 6.37. The van der Waals surface area contributed by atoms with Gasteiger partial charge in [-0.05, 0) is 49.2 Å². The number of benzene rings is 2. The molecule has 6 nitrogen and oxygen atoms in total. The van der Waals surface area contributed by atoms with Gasteiger partial charge in [-0.15, -0.1) is 0 Å². The van der Waals surface area contributed by atoms with Crippen LogP contribution in [-0.4, -0.2) is 21.6 Å². The predicted molar refractivity (Wildman–Crippen MR) is 98.5 cm³/mol. The Kier molecular flexibility index (Phi) is 4.01. The van der Waals surface area contributed by atoms with Crippen LogP contribution in [0.2, 0.25) is 0 Å². The van der Waals surface area contributed by atoms with Gasteiger partial charge < -0.3 is 11.1 Å². The van der Waals surface area contributed by atoms with E-state index in [0.29, 0.717) is 22.9 Å². The molecule has 0 spiro atoms. The van der Waals surface area contributed by atoms with Crippen LogP contribution in [0, 0.1) is 0 Å². The summed E-state index contributed by atoms with van der Waals surface area (Å²) in [5, 5.41) is 7.59. The molecule has 4 rings (SSSR count). The Balaban J connectivity index is 1.62. The minimum atomic E-state index is -0.520. The second-order valence-electron chi connectivity index (χ2n) is 6.37. The molecule has 1 fully saturated rings. The third-order valence-electron chi connectivity index (χ3n) is 4.40. The van der Waals surface area contributed by atoms with Gasteiger partial charge in [0.15, 0.2) is 0 Å². The van der Waals surface area contributed by atoms with Crippen molar-refractivity contribution in [2.24, 2.45) is 5.73 Å². The summed E-state index contributed by atoms with van der Waals surface area (Å²) >= 11 is 0. The fraction of sp³-hybridized carbons (Fsp3) is 0.150. The fourth-order valence-electron chi connectivity index (χ4n) is 2.81. The first-order valence-electron chi connectivity index (χ1n) is 8.48. The summed E-state index contributed by atoms with van der Waals surface area (Å²) in [6, 6.07) is 17.9. The van der Waals surface area contributed by atoms with Crippen molar-refractivity contribution in [1.82, 2.24) is 9.78 Å². The third kappa shape index (κ3) is 3.21. The Bertz CT molecular complexity index is 957. The van der Waals surface area contributed by atoms with Crippen molar-refractivity contribution in [1.29, 1.82) is 0 Å². The van der Waals surface area contributed by atoms with Gasteiger partial charge >= 0.3 is 0 Å². The maximum atomic E-state index is 12.6. The smallest absolute Gasteiger partial charge is 0.256 e. The summed E-state index contributed by atoms with van der Waals surface area (Å²) in [6.45, 7) is 0. The van der Waals surface area contributed by atoms with Crippen LogP contribution < -0.4 is 11.1 Å². The molecule has 2 aromatic carbocycles. The molecule has 0 unspecified atom stereocenters. The maximum Gasteiger partial charge on any atom is 0.256 e. The van der Waals surface area contributed by atoms with Gasteiger partial charge in [-0.1, -0.05) is 18.2 Å². The highest BCUT2D eigenvalue weighted by molar-refractivity contribution is 6.04. The molecule has 0 atom stereocenters. The Hall–Kier alpha value is -3.41. The first-order chi connectivity index (χ1) is 12.6. The van der Waals surface area contributed by atoms with E-state index in [1.807, 2.05) is 36.4 Å². The lowest BCUT2D eigenvalue weighted by molar-refractivity contribution is 0.0995. The van der Waals surface area contributed by atoms with Crippen LogP contribution in [0.25, 0.3) is 5.69 Å². The van der Waals surface area contributed by atoms with Crippen molar-refractivity contribution < 1.29 is 9.59 Å². The molecule has 1 heterocycles. The Morgan fingerprint density at radius 3 is 2.27 bits per heavy atom. The van der Waals surface area contributed by atoms with E-state index in [1.165, 1.54) is 0 Å². The van der Waals surface area contributed by atoms with Crippen molar-refractivity contribution in [3.05, 3.63) is 77.5 Å². The number of para-hydroxylation sites is 1. The number of hydrogen-bond acceptors (Lipinski definition) is 3. The number of carbonyl (C=O) groups is 2. The average molecular weight is 346 g/mol. The van der Waals surface area contributed by atoms with Gasteiger partial charge in [0.1, 0.15) is 5.82 Å². The highest BCUT2D eigenvalue weighted by Gasteiger charge is 2.28. The summed E-state index contributed by atoms with van der Waals surface area (Å²) in [4.78, 5) is 23.8. The molecule has 26 heavy (non-hydrogen) atoms. The lowest BCUT2D eigenvalue weighted by Gasteiger charge is -2.09. The number of nitrogens with one attached hydrogen (secondary N) is 1. The molecular weight excluding hydrogens is 328 g/mol. The third-order valence-corrected chi connectivity index (χ3v) is 4.40. The van der Waals surface area contributed by atoms with E-state index < -0.39 is 5.91 Å². The van der Waals surface area contributed by atoms with Crippen LogP contribution in [0.5, 0.6) is 0 Å². The largest absolute Gasteiger partial charge is 0.366 e. The van der Waals surface area contributed by atoms with Gasteiger partial charge in [0.05, 0.1) is 11.4 Å². The van der Waals surface area contributed by atoms with Gasteiger partial charge in [-0.2, -0.15) is 5.10 Å². The monoisotopic (exact) mass is 346 g/mol. The van der Waals surface area contributed by atoms with Gasteiger partial charge in [0.2, 0.25) is 5.91 Å². The number of rotatable bonds is 5. The molecule has 0 radical (unpaired) electrons. The number of nitrogens with zero attached hydrogens (tertiary/aromatic N) is 2. The molecule has 1 aliphatic carbocycles. The molecule has 2 amide bonds. The summed E-state index contributed by atoms with van der Waals surface area (Å²) < 4.78 is 1.75. The van der Waals surface area contributed by atoms with E-state index in [4.69, 9.17) is 5.73 Å². The lowest BCUT2D eigenvalue weighted by Crippen LogP contribution is -2.16. The first kappa shape index (κ1) is 16.1. The number of nitrogens with two attached hydrogens (primary N) is 1. The standard InChI is InChI=1S/C20H18N4O2/c21-19(25)14-8-10-15(11-9-14)20(26)22-18-12-17(13-6-7-13)23-24(18)16-4-2-1-3-5-16/h1-5,8-13H,6-7H2,(H2,21,25)(H,22,26). The van der Waals surface area contributed by atoms with Crippen molar-refractivity contribution >= 4 is 17.6 Å². The van der Waals surface area contributed by atoms with Crippen LogP contribution in [0.3, 0.4) is 0 Å². The quantitative estimate of drug-likeness (QED) is 0.744. The summed E-state index contributed by atoms with van der Waals surface area (Å²) in [5.41, 5.74) is 7.93. The molecule has 3 N–H and O–H groups in total. The van der Waals surface area contributed by atoms with E-state index >= 15 is 0 Å². The van der Waals surface area contributed by atoms with E-state index in [9.17, 15) is 9.59 Å².